The van der Waals surface area contributed by atoms with Gasteiger partial charge >= 0.3 is 0 Å². The first-order valence-electron chi connectivity index (χ1n) is 6.80. The molecule has 2 aromatic carbocycles. The van der Waals surface area contributed by atoms with E-state index >= 15 is 0 Å². The zero-order chi connectivity index (χ0) is 15.4. The lowest BCUT2D eigenvalue weighted by molar-refractivity contribution is 0.975. The standard InChI is InChI=1S/C17H15N3S2/c1-12-7-9-14(10-8-12)22-17-15(18)16(19-11-20-17)21-13-5-3-2-4-6-13/h2-11H,18H2,1H3. The lowest BCUT2D eigenvalue weighted by Crippen LogP contribution is -1.97. The number of hydrogen-bond donors (Lipinski definition) is 1. The molecule has 2 N–H and O–H groups in total. The molecule has 0 aliphatic heterocycles. The average Bonchev–Trinajstić information content (AvgIpc) is 2.54. The molecule has 3 rings (SSSR count). The molecule has 110 valence electrons. The van der Waals surface area contributed by atoms with E-state index in [1.807, 2.05) is 30.3 Å². The predicted octanol–water partition coefficient (Wildman–Crippen LogP) is 4.67. The third-order valence-corrected chi connectivity index (χ3v) is 5.06. The van der Waals surface area contributed by atoms with Gasteiger partial charge in [-0.2, -0.15) is 0 Å². The number of aromatic nitrogens is 2. The van der Waals surface area contributed by atoms with Crippen LogP contribution in [-0.2, 0) is 0 Å². The first kappa shape index (κ1) is 14.9. The van der Waals surface area contributed by atoms with Crippen LogP contribution in [0.1, 0.15) is 5.56 Å². The molecular formula is C17H15N3S2. The molecule has 0 amide bonds. The van der Waals surface area contributed by atoms with Crippen LogP contribution in [-0.4, -0.2) is 9.97 Å². The molecule has 0 fully saturated rings. The third kappa shape index (κ3) is 3.61. The molecule has 1 heterocycles. The Bertz CT molecular complexity index is 759. The minimum atomic E-state index is 0.627. The fourth-order valence-electron chi connectivity index (χ4n) is 1.85. The third-order valence-electron chi connectivity index (χ3n) is 3.00. The van der Waals surface area contributed by atoms with Crippen molar-refractivity contribution in [1.29, 1.82) is 0 Å². The zero-order valence-corrected chi connectivity index (χ0v) is 13.7. The van der Waals surface area contributed by atoms with Crippen molar-refractivity contribution < 1.29 is 0 Å². The summed E-state index contributed by atoms with van der Waals surface area (Å²) in [7, 11) is 0. The van der Waals surface area contributed by atoms with Crippen molar-refractivity contribution in [3.8, 4) is 0 Å². The van der Waals surface area contributed by atoms with Gasteiger partial charge in [0.25, 0.3) is 0 Å². The van der Waals surface area contributed by atoms with Gasteiger partial charge in [0.2, 0.25) is 0 Å². The van der Waals surface area contributed by atoms with Gasteiger partial charge in [0, 0.05) is 9.79 Å². The van der Waals surface area contributed by atoms with Gasteiger partial charge in [-0.15, -0.1) is 0 Å². The van der Waals surface area contributed by atoms with E-state index in [2.05, 4.69) is 41.2 Å². The Balaban J connectivity index is 1.84. The Kier molecular flexibility index (Phi) is 4.65. The minimum Gasteiger partial charge on any atom is -0.394 e. The van der Waals surface area contributed by atoms with E-state index in [1.165, 1.54) is 5.56 Å². The zero-order valence-electron chi connectivity index (χ0n) is 12.1. The van der Waals surface area contributed by atoms with Crippen molar-refractivity contribution in [2.75, 3.05) is 5.73 Å². The van der Waals surface area contributed by atoms with Crippen molar-refractivity contribution in [3.63, 3.8) is 0 Å². The Labute approximate surface area is 138 Å². The summed E-state index contributed by atoms with van der Waals surface area (Å²) in [6, 6.07) is 18.4. The Morgan fingerprint density at radius 3 is 1.91 bits per heavy atom. The molecule has 0 saturated heterocycles. The topological polar surface area (TPSA) is 51.8 Å². The maximum absolute atomic E-state index is 6.24. The summed E-state index contributed by atoms with van der Waals surface area (Å²) < 4.78 is 0. The number of nitrogens with zero attached hydrogens (tertiary/aromatic N) is 2. The van der Waals surface area contributed by atoms with E-state index in [1.54, 1.807) is 29.9 Å². The molecule has 0 radical (unpaired) electrons. The minimum absolute atomic E-state index is 0.627. The smallest absolute Gasteiger partial charge is 0.128 e. The molecule has 0 saturated carbocycles. The van der Waals surface area contributed by atoms with Gasteiger partial charge in [-0.25, -0.2) is 9.97 Å². The second-order valence-corrected chi connectivity index (χ2v) is 6.85. The maximum Gasteiger partial charge on any atom is 0.128 e. The summed E-state index contributed by atoms with van der Waals surface area (Å²) in [5.74, 6) is 0. The molecule has 0 bridgehead atoms. The molecule has 3 nitrogen and oxygen atoms in total. The second-order valence-electron chi connectivity index (χ2n) is 4.73. The van der Waals surface area contributed by atoms with Crippen LogP contribution in [0.3, 0.4) is 0 Å². The van der Waals surface area contributed by atoms with E-state index in [9.17, 15) is 0 Å². The van der Waals surface area contributed by atoms with E-state index in [-0.39, 0.29) is 0 Å². The van der Waals surface area contributed by atoms with Crippen molar-refractivity contribution >= 4 is 29.2 Å². The molecule has 0 aliphatic rings. The number of nitrogens with two attached hydrogens (primary N) is 1. The van der Waals surface area contributed by atoms with Gasteiger partial charge in [-0.3, -0.25) is 0 Å². The SMILES string of the molecule is Cc1ccc(Sc2ncnc(Sc3ccccc3)c2N)cc1. The molecule has 0 atom stereocenters. The van der Waals surface area contributed by atoms with Gasteiger partial charge in [0.15, 0.2) is 0 Å². The Hall–Kier alpha value is -1.98. The lowest BCUT2D eigenvalue weighted by Gasteiger charge is -2.08. The molecule has 0 spiro atoms. The first-order chi connectivity index (χ1) is 10.7. The number of hydrogen-bond acceptors (Lipinski definition) is 5. The van der Waals surface area contributed by atoms with E-state index in [4.69, 9.17) is 5.73 Å². The van der Waals surface area contributed by atoms with Crippen LogP contribution in [0, 0.1) is 6.92 Å². The monoisotopic (exact) mass is 325 g/mol. The quantitative estimate of drug-likeness (QED) is 0.706. The van der Waals surface area contributed by atoms with Crippen LogP contribution >= 0.6 is 23.5 Å². The van der Waals surface area contributed by atoms with Crippen LogP contribution < -0.4 is 5.73 Å². The number of rotatable bonds is 4. The van der Waals surface area contributed by atoms with Crippen LogP contribution in [0.25, 0.3) is 0 Å². The van der Waals surface area contributed by atoms with Crippen LogP contribution in [0.2, 0.25) is 0 Å². The molecule has 1 aromatic heterocycles. The number of aryl methyl sites for hydroxylation is 1. The first-order valence-corrected chi connectivity index (χ1v) is 8.43. The predicted molar refractivity (Wildman–Crippen MR) is 92.3 cm³/mol. The summed E-state index contributed by atoms with van der Waals surface area (Å²) in [6.45, 7) is 2.07. The van der Waals surface area contributed by atoms with Crippen molar-refractivity contribution in [2.24, 2.45) is 0 Å². The van der Waals surface area contributed by atoms with Gasteiger partial charge in [0.05, 0.1) is 5.69 Å². The molecule has 22 heavy (non-hydrogen) atoms. The second kappa shape index (κ2) is 6.85. The van der Waals surface area contributed by atoms with Crippen LogP contribution in [0.5, 0.6) is 0 Å². The number of nitrogen functional groups attached to an aromatic ring is 1. The van der Waals surface area contributed by atoms with Gasteiger partial charge in [0.1, 0.15) is 16.4 Å². The highest BCUT2D eigenvalue weighted by Crippen LogP contribution is 2.37. The maximum atomic E-state index is 6.24. The highest BCUT2D eigenvalue weighted by Gasteiger charge is 2.11. The van der Waals surface area contributed by atoms with E-state index in [0.29, 0.717) is 5.69 Å². The largest absolute Gasteiger partial charge is 0.394 e. The summed E-state index contributed by atoms with van der Waals surface area (Å²) in [5.41, 5.74) is 8.11. The highest BCUT2D eigenvalue weighted by atomic mass is 32.2. The summed E-state index contributed by atoms with van der Waals surface area (Å²) >= 11 is 3.11. The molecule has 3 aromatic rings. The van der Waals surface area contributed by atoms with Gasteiger partial charge in [-0.1, -0.05) is 59.4 Å². The summed E-state index contributed by atoms with van der Waals surface area (Å²) in [6.07, 6.45) is 1.57. The van der Waals surface area contributed by atoms with Crippen LogP contribution in [0.15, 0.2) is 80.8 Å². The van der Waals surface area contributed by atoms with E-state index in [0.717, 1.165) is 19.8 Å². The Morgan fingerprint density at radius 2 is 1.32 bits per heavy atom. The van der Waals surface area contributed by atoms with Crippen molar-refractivity contribution in [2.45, 2.75) is 26.8 Å². The Morgan fingerprint density at radius 1 is 0.773 bits per heavy atom. The van der Waals surface area contributed by atoms with E-state index < -0.39 is 0 Å². The molecular weight excluding hydrogens is 310 g/mol. The van der Waals surface area contributed by atoms with Crippen LogP contribution in [0.4, 0.5) is 5.69 Å². The fraction of sp³-hybridized carbons (Fsp3) is 0.0588. The number of anilines is 1. The summed E-state index contributed by atoms with van der Waals surface area (Å²) in [5, 5.41) is 1.58. The lowest BCUT2D eigenvalue weighted by atomic mass is 10.2. The number of benzene rings is 2. The molecule has 5 heteroatoms. The average molecular weight is 325 g/mol. The fourth-order valence-corrected chi connectivity index (χ4v) is 3.53. The van der Waals surface area contributed by atoms with Crippen molar-refractivity contribution in [3.05, 3.63) is 66.5 Å². The molecule has 0 unspecified atom stereocenters. The highest BCUT2D eigenvalue weighted by molar-refractivity contribution is 8.00. The molecule has 0 aliphatic carbocycles. The van der Waals surface area contributed by atoms with Gasteiger partial charge < -0.3 is 5.73 Å². The summed E-state index contributed by atoms with van der Waals surface area (Å²) in [4.78, 5) is 10.8. The normalized spacial score (nSPS) is 10.6. The van der Waals surface area contributed by atoms with Gasteiger partial charge in [-0.05, 0) is 31.2 Å². The van der Waals surface area contributed by atoms with Crippen molar-refractivity contribution in [1.82, 2.24) is 9.97 Å².